The lowest BCUT2D eigenvalue weighted by Gasteiger charge is -2.38. The average molecular weight is 304 g/mol. The van der Waals surface area contributed by atoms with Crippen molar-refractivity contribution in [3.8, 4) is 5.88 Å². The topological polar surface area (TPSA) is 78.8 Å². The fraction of sp³-hybridized carbons (Fsp3) is 0.667. The van der Waals surface area contributed by atoms with Gasteiger partial charge in [0, 0.05) is 18.5 Å². The highest BCUT2D eigenvalue weighted by Gasteiger charge is 2.40. The summed E-state index contributed by atoms with van der Waals surface area (Å²) in [5.74, 6) is 1.12. The first-order valence-corrected chi connectivity index (χ1v) is 7.93. The maximum Gasteiger partial charge on any atom is 0.408 e. The first-order chi connectivity index (χ1) is 10.7. The van der Waals surface area contributed by atoms with Crippen LogP contribution in [0.2, 0.25) is 0 Å². The number of aromatic nitrogens is 2. The Morgan fingerprint density at radius 3 is 2.73 bits per heavy atom. The van der Waals surface area contributed by atoms with Crippen molar-refractivity contribution < 1.29 is 14.6 Å². The van der Waals surface area contributed by atoms with Crippen LogP contribution in [0.25, 0.3) is 0 Å². The Kier molecular flexibility index (Phi) is 3.37. The molecule has 0 spiro atoms. The molecule has 4 rings (SSSR count). The molecule has 3 aliphatic rings. The SMILES string of the molecule is O=C(O)N1CC[C@@H]2CC[C@H](Oc3cnc(C4CC4)cn3)N2C1. The Morgan fingerprint density at radius 2 is 2.05 bits per heavy atom. The van der Waals surface area contributed by atoms with E-state index in [9.17, 15) is 4.79 Å². The van der Waals surface area contributed by atoms with Gasteiger partial charge in [-0.25, -0.2) is 14.7 Å². The molecule has 0 bridgehead atoms. The van der Waals surface area contributed by atoms with E-state index >= 15 is 0 Å². The van der Waals surface area contributed by atoms with Gasteiger partial charge in [0.25, 0.3) is 0 Å². The van der Waals surface area contributed by atoms with Crippen LogP contribution in [0.5, 0.6) is 5.88 Å². The van der Waals surface area contributed by atoms with Gasteiger partial charge in [-0.15, -0.1) is 0 Å². The number of fused-ring (bicyclic) bond motifs is 1. The maximum atomic E-state index is 11.2. The van der Waals surface area contributed by atoms with Crippen LogP contribution in [-0.2, 0) is 0 Å². The zero-order valence-electron chi connectivity index (χ0n) is 12.4. The monoisotopic (exact) mass is 304 g/mol. The van der Waals surface area contributed by atoms with Gasteiger partial charge >= 0.3 is 6.09 Å². The van der Waals surface area contributed by atoms with Gasteiger partial charge in [0.15, 0.2) is 6.23 Å². The standard InChI is InChI=1S/C15H20N4O3/c20-15(21)18-6-5-11-3-4-14(19(11)9-18)22-13-8-16-12(7-17-13)10-1-2-10/h7-8,10-11,14H,1-6,9H2,(H,20,21)/t11-,14-/m0/s1. The van der Waals surface area contributed by atoms with Crippen molar-refractivity contribution >= 4 is 6.09 Å². The van der Waals surface area contributed by atoms with Gasteiger partial charge < -0.3 is 9.84 Å². The molecular weight excluding hydrogens is 284 g/mol. The van der Waals surface area contributed by atoms with Gasteiger partial charge in [-0.2, -0.15) is 0 Å². The zero-order chi connectivity index (χ0) is 15.1. The first kappa shape index (κ1) is 13.8. The Hall–Kier alpha value is -1.89. The molecule has 7 nitrogen and oxygen atoms in total. The Morgan fingerprint density at radius 1 is 1.18 bits per heavy atom. The smallest absolute Gasteiger partial charge is 0.408 e. The van der Waals surface area contributed by atoms with E-state index in [4.69, 9.17) is 9.84 Å². The molecule has 2 aliphatic heterocycles. The fourth-order valence-corrected chi connectivity index (χ4v) is 3.39. The molecule has 3 heterocycles. The van der Waals surface area contributed by atoms with Crippen LogP contribution in [0.15, 0.2) is 12.4 Å². The van der Waals surface area contributed by atoms with Gasteiger partial charge in [0.2, 0.25) is 5.88 Å². The molecule has 22 heavy (non-hydrogen) atoms. The van der Waals surface area contributed by atoms with Gasteiger partial charge in [-0.1, -0.05) is 0 Å². The lowest BCUT2D eigenvalue weighted by Crippen LogP contribution is -2.53. The third-order valence-corrected chi connectivity index (χ3v) is 4.82. The summed E-state index contributed by atoms with van der Waals surface area (Å²) >= 11 is 0. The summed E-state index contributed by atoms with van der Waals surface area (Å²) in [5, 5.41) is 9.16. The molecule has 1 saturated carbocycles. The molecule has 1 aliphatic carbocycles. The normalized spacial score (nSPS) is 28.5. The number of rotatable bonds is 3. The molecule has 0 unspecified atom stereocenters. The second kappa shape index (κ2) is 5.39. The van der Waals surface area contributed by atoms with Crippen molar-refractivity contribution in [2.45, 2.75) is 50.3 Å². The van der Waals surface area contributed by atoms with E-state index in [0.717, 1.165) is 25.0 Å². The number of amides is 1. The van der Waals surface area contributed by atoms with Crippen LogP contribution in [0.4, 0.5) is 4.79 Å². The van der Waals surface area contributed by atoms with Crippen LogP contribution < -0.4 is 4.74 Å². The Labute approximate surface area is 128 Å². The summed E-state index contributed by atoms with van der Waals surface area (Å²) in [6.07, 6.45) is 7.77. The summed E-state index contributed by atoms with van der Waals surface area (Å²) in [6, 6.07) is 0.416. The van der Waals surface area contributed by atoms with Gasteiger partial charge in [-0.3, -0.25) is 9.88 Å². The quantitative estimate of drug-likeness (QED) is 0.918. The molecule has 7 heteroatoms. The number of nitrogens with zero attached hydrogens (tertiary/aromatic N) is 4. The lowest BCUT2D eigenvalue weighted by molar-refractivity contribution is -0.0271. The third-order valence-electron chi connectivity index (χ3n) is 4.82. The largest absolute Gasteiger partial charge is 0.465 e. The molecule has 1 aromatic rings. The van der Waals surface area contributed by atoms with Gasteiger partial charge in [-0.05, 0) is 32.1 Å². The number of hydrogen-bond acceptors (Lipinski definition) is 5. The minimum Gasteiger partial charge on any atom is -0.465 e. The summed E-state index contributed by atoms with van der Waals surface area (Å²) < 4.78 is 5.96. The van der Waals surface area contributed by atoms with Crippen LogP contribution in [-0.4, -0.2) is 56.5 Å². The molecule has 0 aromatic carbocycles. The van der Waals surface area contributed by atoms with E-state index < -0.39 is 6.09 Å². The summed E-state index contributed by atoms with van der Waals surface area (Å²) in [6.45, 7) is 1.03. The molecule has 3 fully saturated rings. The Balaban J connectivity index is 1.42. The second-order valence-electron chi connectivity index (χ2n) is 6.35. The predicted molar refractivity (Wildman–Crippen MR) is 77.5 cm³/mol. The van der Waals surface area contributed by atoms with Crippen LogP contribution >= 0.6 is 0 Å². The summed E-state index contributed by atoms with van der Waals surface area (Å²) in [4.78, 5) is 23.5. The average Bonchev–Trinajstić information content (AvgIpc) is 3.30. The molecule has 2 saturated heterocycles. The second-order valence-corrected chi connectivity index (χ2v) is 6.35. The molecule has 118 valence electrons. The van der Waals surface area contributed by atoms with Crippen molar-refractivity contribution in [3.05, 3.63) is 18.1 Å². The van der Waals surface area contributed by atoms with E-state index in [2.05, 4.69) is 14.9 Å². The number of ether oxygens (including phenoxy) is 1. The molecule has 1 aromatic heterocycles. The number of hydrogen-bond donors (Lipinski definition) is 1. The maximum absolute atomic E-state index is 11.2. The highest BCUT2D eigenvalue weighted by Crippen LogP contribution is 2.38. The van der Waals surface area contributed by atoms with Crippen molar-refractivity contribution in [2.75, 3.05) is 13.2 Å². The molecule has 2 atom stereocenters. The lowest BCUT2D eigenvalue weighted by atomic mass is 10.1. The summed E-state index contributed by atoms with van der Waals surface area (Å²) in [5.41, 5.74) is 1.05. The van der Waals surface area contributed by atoms with Crippen molar-refractivity contribution in [1.82, 2.24) is 19.8 Å². The third kappa shape index (κ3) is 2.61. The van der Waals surface area contributed by atoms with Crippen LogP contribution in [0.1, 0.15) is 43.7 Å². The predicted octanol–water partition coefficient (Wildman–Crippen LogP) is 1.86. The minimum absolute atomic E-state index is 0.103. The van der Waals surface area contributed by atoms with Crippen LogP contribution in [0.3, 0.4) is 0 Å². The molecule has 0 radical (unpaired) electrons. The van der Waals surface area contributed by atoms with E-state index in [1.807, 2.05) is 0 Å². The van der Waals surface area contributed by atoms with Gasteiger partial charge in [0.05, 0.1) is 24.8 Å². The van der Waals surface area contributed by atoms with Crippen molar-refractivity contribution in [2.24, 2.45) is 0 Å². The first-order valence-electron chi connectivity index (χ1n) is 7.93. The summed E-state index contributed by atoms with van der Waals surface area (Å²) in [7, 11) is 0. The molecule has 1 amide bonds. The zero-order valence-corrected chi connectivity index (χ0v) is 12.4. The van der Waals surface area contributed by atoms with E-state index in [1.54, 1.807) is 12.4 Å². The fourth-order valence-electron chi connectivity index (χ4n) is 3.39. The number of carboxylic acid groups (broad SMARTS) is 1. The highest BCUT2D eigenvalue weighted by molar-refractivity contribution is 5.64. The van der Waals surface area contributed by atoms with E-state index in [-0.39, 0.29) is 6.23 Å². The van der Waals surface area contributed by atoms with Gasteiger partial charge in [0.1, 0.15) is 0 Å². The van der Waals surface area contributed by atoms with E-state index in [1.165, 1.54) is 17.7 Å². The number of carbonyl (C=O) groups is 1. The molecule has 1 N–H and O–H groups in total. The molecular formula is C15H20N4O3. The van der Waals surface area contributed by atoms with Crippen LogP contribution in [0, 0.1) is 0 Å². The van der Waals surface area contributed by atoms with Crippen molar-refractivity contribution in [3.63, 3.8) is 0 Å². The Bertz CT molecular complexity index is 560. The van der Waals surface area contributed by atoms with Crippen molar-refractivity contribution in [1.29, 1.82) is 0 Å². The van der Waals surface area contributed by atoms with E-state index in [0.29, 0.717) is 31.1 Å². The highest BCUT2D eigenvalue weighted by atomic mass is 16.5. The minimum atomic E-state index is -0.863.